The molecule has 0 aliphatic carbocycles. The molecule has 0 spiro atoms. The van der Waals surface area contributed by atoms with Gasteiger partial charge in [-0.15, -0.1) is 10.2 Å². The minimum atomic E-state index is -0.534. The first-order valence-electron chi connectivity index (χ1n) is 8.90. The van der Waals surface area contributed by atoms with Gasteiger partial charge in [0.15, 0.2) is 5.69 Å². The molecule has 1 aromatic heterocycles. The van der Waals surface area contributed by atoms with E-state index < -0.39 is 5.91 Å². The minimum absolute atomic E-state index is 0.101. The van der Waals surface area contributed by atoms with Crippen LogP contribution in [0.2, 0.25) is 10.0 Å². The highest BCUT2D eigenvalue weighted by atomic mass is 79.9. The Hall–Kier alpha value is -2.67. The van der Waals surface area contributed by atoms with Gasteiger partial charge in [0, 0.05) is 25.5 Å². The van der Waals surface area contributed by atoms with Crippen LogP contribution >= 0.6 is 39.1 Å². The van der Waals surface area contributed by atoms with Gasteiger partial charge in [-0.3, -0.25) is 4.79 Å². The molecule has 0 radical (unpaired) electrons. The Morgan fingerprint density at radius 1 is 1.03 bits per heavy atom. The summed E-state index contributed by atoms with van der Waals surface area (Å²) in [6.07, 6.45) is 0. The van der Waals surface area contributed by atoms with Crippen molar-refractivity contribution in [3.05, 3.63) is 92.4 Å². The van der Waals surface area contributed by atoms with Crippen LogP contribution in [0, 0.1) is 0 Å². The molecule has 4 aromatic rings. The van der Waals surface area contributed by atoms with E-state index in [-0.39, 0.29) is 11.6 Å². The molecule has 0 saturated carbocycles. The van der Waals surface area contributed by atoms with E-state index in [1.807, 2.05) is 36.4 Å². The molecule has 150 valence electrons. The Balaban J connectivity index is 1.77. The van der Waals surface area contributed by atoms with Crippen LogP contribution in [0.1, 0.15) is 15.9 Å². The van der Waals surface area contributed by atoms with E-state index in [1.54, 1.807) is 34.9 Å². The normalized spacial score (nSPS) is 11.4. The van der Waals surface area contributed by atoms with E-state index in [1.165, 1.54) is 0 Å². The fourth-order valence-corrected chi connectivity index (χ4v) is 3.78. The second-order valence-electron chi connectivity index (χ2n) is 6.52. The molecule has 8 heteroatoms. The van der Waals surface area contributed by atoms with Gasteiger partial charge in [-0.25, -0.2) is 0 Å². The number of amides is 1. The van der Waals surface area contributed by atoms with Crippen molar-refractivity contribution >= 4 is 61.6 Å². The smallest absolute Gasteiger partial charge is 0.295 e. The SMILES string of the molecule is O=C(N=Nc1c(O)n(Cc2ccccc2Cl)c2ccc(Br)cc12)c1ccc(Cl)cc1. The number of carbonyl (C=O) groups is 1. The lowest BCUT2D eigenvalue weighted by molar-refractivity contribution is 0.0995. The third-order valence-electron chi connectivity index (χ3n) is 4.59. The summed E-state index contributed by atoms with van der Waals surface area (Å²) in [5.41, 5.74) is 2.14. The van der Waals surface area contributed by atoms with Gasteiger partial charge in [-0.1, -0.05) is 57.3 Å². The molecule has 1 N–H and O–H groups in total. The molecule has 0 aliphatic heterocycles. The summed E-state index contributed by atoms with van der Waals surface area (Å²) < 4.78 is 2.50. The van der Waals surface area contributed by atoms with Gasteiger partial charge in [0.2, 0.25) is 5.88 Å². The third kappa shape index (κ3) is 4.12. The first kappa shape index (κ1) is 20.6. The standard InChI is InChI=1S/C22H14BrCl2N3O2/c23-15-7-10-19-17(11-15)20(26-27-21(29)13-5-8-16(24)9-6-13)22(30)28(19)12-14-3-1-2-4-18(14)25/h1-11,30H,12H2. The van der Waals surface area contributed by atoms with E-state index in [4.69, 9.17) is 23.2 Å². The highest BCUT2D eigenvalue weighted by molar-refractivity contribution is 9.10. The Bertz CT molecular complexity index is 1280. The Labute approximate surface area is 190 Å². The number of fused-ring (bicyclic) bond motifs is 1. The van der Waals surface area contributed by atoms with Crippen LogP contribution in [-0.4, -0.2) is 15.6 Å². The summed E-state index contributed by atoms with van der Waals surface area (Å²) in [5.74, 6) is -0.635. The molecule has 0 saturated heterocycles. The first-order valence-corrected chi connectivity index (χ1v) is 10.4. The number of azo groups is 1. The van der Waals surface area contributed by atoms with Crippen LogP contribution in [0.4, 0.5) is 5.69 Å². The van der Waals surface area contributed by atoms with Gasteiger partial charge in [0.05, 0.1) is 12.1 Å². The molecule has 5 nitrogen and oxygen atoms in total. The monoisotopic (exact) mass is 501 g/mol. The van der Waals surface area contributed by atoms with Crippen molar-refractivity contribution in [2.24, 2.45) is 10.2 Å². The number of rotatable bonds is 4. The van der Waals surface area contributed by atoms with Gasteiger partial charge in [0.1, 0.15) is 0 Å². The Morgan fingerprint density at radius 3 is 2.50 bits per heavy atom. The van der Waals surface area contributed by atoms with Crippen LogP contribution < -0.4 is 0 Å². The molecule has 0 atom stereocenters. The molecule has 0 bridgehead atoms. The van der Waals surface area contributed by atoms with Crippen molar-refractivity contribution in [3.63, 3.8) is 0 Å². The van der Waals surface area contributed by atoms with Crippen molar-refractivity contribution in [2.45, 2.75) is 6.54 Å². The highest BCUT2D eigenvalue weighted by Crippen LogP contribution is 2.41. The van der Waals surface area contributed by atoms with Crippen LogP contribution in [0.25, 0.3) is 10.9 Å². The maximum absolute atomic E-state index is 12.4. The second kappa shape index (κ2) is 8.60. The summed E-state index contributed by atoms with van der Waals surface area (Å²) in [4.78, 5) is 12.4. The lowest BCUT2D eigenvalue weighted by Gasteiger charge is -2.08. The molecule has 0 fully saturated rings. The largest absolute Gasteiger partial charge is 0.493 e. The summed E-state index contributed by atoms with van der Waals surface area (Å²) in [5, 5.41) is 20.5. The Kier molecular flexibility index (Phi) is 5.90. The minimum Gasteiger partial charge on any atom is -0.493 e. The van der Waals surface area contributed by atoms with Gasteiger partial charge >= 0.3 is 0 Å². The van der Waals surface area contributed by atoms with Gasteiger partial charge in [0.25, 0.3) is 5.91 Å². The van der Waals surface area contributed by atoms with Gasteiger partial charge < -0.3 is 9.67 Å². The van der Waals surface area contributed by atoms with Crippen molar-refractivity contribution in [3.8, 4) is 5.88 Å². The molecule has 4 rings (SSSR count). The highest BCUT2D eigenvalue weighted by Gasteiger charge is 2.18. The molecule has 0 unspecified atom stereocenters. The van der Waals surface area contributed by atoms with Gasteiger partial charge in [-0.05, 0) is 54.1 Å². The van der Waals surface area contributed by atoms with Crippen molar-refractivity contribution in [2.75, 3.05) is 0 Å². The average molecular weight is 503 g/mol. The predicted octanol–water partition coefficient (Wildman–Crippen LogP) is 7.39. The summed E-state index contributed by atoms with van der Waals surface area (Å²) in [6, 6.07) is 19.3. The van der Waals surface area contributed by atoms with E-state index >= 15 is 0 Å². The number of carbonyl (C=O) groups excluding carboxylic acids is 1. The third-order valence-corrected chi connectivity index (χ3v) is 5.70. The lowest BCUT2D eigenvalue weighted by atomic mass is 10.2. The number of hydrogen-bond donors (Lipinski definition) is 1. The molecule has 1 heterocycles. The topological polar surface area (TPSA) is 66.9 Å². The van der Waals surface area contributed by atoms with E-state index in [0.29, 0.717) is 27.5 Å². The number of hydrogen-bond acceptors (Lipinski definition) is 3. The second-order valence-corrected chi connectivity index (χ2v) is 8.28. The zero-order valence-electron chi connectivity index (χ0n) is 15.4. The first-order chi connectivity index (χ1) is 14.4. The number of benzene rings is 3. The number of aromatic hydroxyl groups is 1. The molecular formula is C22H14BrCl2N3O2. The fourth-order valence-electron chi connectivity index (χ4n) is 3.10. The number of halogens is 3. The maximum Gasteiger partial charge on any atom is 0.295 e. The van der Waals surface area contributed by atoms with E-state index in [9.17, 15) is 9.90 Å². The van der Waals surface area contributed by atoms with Crippen LogP contribution in [-0.2, 0) is 6.54 Å². The van der Waals surface area contributed by atoms with Gasteiger partial charge in [-0.2, -0.15) is 0 Å². The van der Waals surface area contributed by atoms with Crippen molar-refractivity contribution < 1.29 is 9.90 Å². The molecular weight excluding hydrogens is 489 g/mol. The molecule has 30 heavy (non-hydrogen) atoms. The quantitative estimate of drug-likeness (QED) is 0.295. The number of aromatic nitrogens is 1. The number of nitrogens with zero attached hydrogens (tertiary/aromatic N) is 3. The van der Waals surface area contributed by atoms with Crippen LogP contribution in [0.5, 0.6) is 5.88 Å². The Morgan fingerprint density at radius 2 is 1.77 bits per heavy atom. The lowest BCUT2D eigenvalue weighted by Crippen LogP contribution is -1.99. The van der Waals surface area contributed by atoms with Crippen molar-refractivity contribution in [1.82, 2.24) is 4.57 Å². The van der Waals surface area contributed by atoms with Crippen LogP contribution in [0.3, 0.4) is 0 Å². The van der Waals surface area contributed by atoms with Crippen molar-refractivity contribution in [1.29, 1.82) is 0 Å². The fraction of sp³-hybridized carbons (Fsp3) is 0.0455. The predicted molar refractivity (Wildman–Crippen MR) is 122 cm³/mol. The van der Waals surface area contributed by atoms with Crippen LogP contribution in [0.15, 0.2) is 81.4 Å². The van der Waals surface area contributed by atoms with E-state index in [0.717, 1.165) is 15.6 Å². The summed E-state index contributed by atoms with van der Waals surface area (Å²) >= 11 is 15.6. The zero-order chi connectivity index (χ0) is 21.3. The van der Waals surface area contributed by atoms with E-state index in [2.05, 4.69) is 26.2 Å². The molecule has 3 aromatic carbocycles. The summed E-state index contributed by atoms with van der Waals surface area (Å²) in [6.45, 7) is 0.338. The average Bonchev–Trinajstić information content (AvgIpc) is 2.98. The maximum atomic E-state index is 12.4. The molecule has 1 amide bonds. The zero-order valence-corrected chi connectivity index (χ0v) is 18.5. The summed E-state index contributed by atoms with van der Waals surface area (Å²) in [7, 11) is 0. The molecule has 0 aliphatic rings.